The minimum Gasteiger partial charge on any atom is -0.390 e. The van der Waals surface area contributed by atoms with Crippen LogP contribution < -0.4 is 5.73 Å². The van der Waals surface area contributed by atoms with Gasteiger partial charge in [-0.1, -0.05) is 11.6 Å². The number of rotatable bonds is 10. The smallest absolute Gasteiger partial charge is 0.272 e. The van der Waals surface area contributed by atoms with Gasteiger partial charge in [-0.15, -0.1) is 0 Å². The number of nitrogens with two attached hydrogens (primary N) is 1. The van der Waals surface area contributed by atoms with Gasteiger partial charge < -0.3 is 25.5 Å². The van der Waals surface area contributed by atoms with Gasteiger partial charge in [-0.2, -0.15) is 0 Å². The third kappa shape index (κ3) is 6.02. The molecule has 222 valence electrons. The topological polar surface area (TPSA) is 163 Å². The summed E-state index contributed by atoms with van der Waals surface area (Å²) in [7, 11) is -3.61. The Hall–Kier alpha value is -2.91. The van der Waals surface area contributed by atoms with E-state index in [4.69, 9.17) is 17.3 Å². The number of benzene rings is 1. The lowest BCUT2D eigenvalue weighted by atomic mass is 10.1. The number of sulfonamides is 1. The van der Waals surface area contributed by atoms with E-state index in [9.17, 15) is 27.4 Å². The van der Waals surface area contributed by atoms with Gasteiger partial charge in [0.15, 0.2) is 0 Å². The Kier molecular flexibility index (Phi) is 7.98. The highest BCUT2D eigenvalue weighted by atomic mass is 35.5. The molecule has 41 heavy (non-hydrogen) atoms. The van der Waals surface area contributed by atoms with Crippen LogP contribution in [-0.4, -0.2) is 79.0 Å². The molecule has 5 rings (SSSR count). The molecule has 1 saturated carbocycles. The van der Waals surface area contributed by atoms with Crippen LogP contribution >= 0.6 is 11.6 Å². The molecule has 0 saturated heterocycles. The number of aryl methyl sites for hydroxylation is 1. The summed E-state index contributed by atoms with van der Waals surface area (Å²) >= 11 is 6.02. The molecule has 4 atom stereocenters. The van der Waals surface area contributed by atoms with Gasteiger partial charge >= 0.3 is 0 Å². The minimum atomic E-state index is -3.61. The van der Waals surface area contributed by atoms with Crippen molar-refractivity contribution in [2.75, 3.05) is 25.1 Å². The van der Waals surface area contributed by atoms with E-state index in [0.717, 1.165) is 13.2 Å². The molecule has 0 bridgehead atoms. The largest absolute Gasteiger partial charge is 0.390 e. The Balaban J connectivity index is 1.22. The van der Waals surface area contributed by atoms with Crippen molar-refractivity contribution >= 4 is 49.5 Å². The molecule has 1 fully saturated rings. The van der Waals surface area contributed by atoms with E-state index in [1.165, 1.54) is 22.8 Å². The lowest BCUT2D eigenvalue weighted by Gasteiger charge is -2.25. The maximum Gasteiger partial charge on any atom is 0.272 e. The summed E-state index contributed by atoms with van der Waals surface area (Å²) in [6.45, 7) is 1.03. The number of aliphatic hydroxyl groups excluding tert-OH is 2. The summed E-state index contributed by atoms with van der Waals surface area (Å²) in [5.74, 6) is -2.72. The Morgan fingerprint density at radius 2 is 2.00 bits per heavy atom. The van der Waals surface area contributed by atoms with E-state index < -0.39 is 40.1 Å². The molecule has 0 aliphatic heterocycles. The van der Waals surface area contributed by atoms with Crippen molar-refractivity contribution in [2.24, 2.45) is 5.92 Å². The first-order valence-corrected chi connectivity index (χ1v) is 15.4. The lowest BCUT2D eigenvalue weighted by Crippen LogP contribution is -2.39. The third-order valence-corrected chi connectivity index (χ3v) is 9.32. The van der Waals surface area contributed by atoms with E-state index >= 15 is 0 Å². The zero-order valence-electron chi connectivity index (χ0n) is 22.5. The van der Waals surface area contributed by atoms with Crippen LogP contribution in [0.3, 0.4) is 0 Å². The van der Waals surface area contributed by atoms with Gasteiger partial charge in [0.2, 0.25) is 10.0 Å². The first-order valence-electron chi connectivity index (χ1n) is 13.2. The van der Waals surface area contributed by atoms with Crippen molar-refractivity contribution in [2.45, 2.75) is 56.8 Å². The zero-order valence-corrected chi connectivity index (χ0v) is 24.1. The van der Waals surface area contributed by atoms with Crippen molar-refractivity contribution in [1.29, 1.82) is 0 Å². The third-order valence-electron chi connectivity index (χ3n) is 7.74. The second-order valence-corrected chi connectivity index (χ2v) is 13.2. The van der Waals surface area contributed by atoms with Crippen molar-refractivity contribution in [3.63, 3.8) is 0 Å². The van der Waals surface area contributed by atoms with Crippen molar-refractivity contribution in [1.82, 2.24) is 28.8 Å². The molecular formula is C26H32ClF2N7O4S. The molecule has 1 aliphatic carbocycles. The fraction of sp³-hybridized carbons (Fsp3) is 0.500. The summed E-state index contributed by atoms with van der Waals surface area (Å²) in [6, 6.07) is 3.93. The Labute approximate surface area is 240 Å². The predicted octanol–water partition coefficient (Wildman–Crippen LogP) is 3.22. The van der Waals surface area contributed by atoms with Crippen LogP contribution in [0.1, 0.15) is 43.6 Å². The number of nitrogens with one attached hydrogen (secondary N) is 1. The normalized spacial score (nSPS) is 22.0. The standard InChI is InChI=1S/C26H32ClF2N7O4S/c1-26(28,29)16-10-18-19(11-17(16)27)34-21(33-18)5-3-4-7-35(41(2,39)40)12-14-9-20(23(38)22(14)37)36-8-6-15-24(30)31-13-32-25(15)36/h6,8,10-11,13-14,20,22-23,37-38H,3-5,7,9,12H2,1-2H3,(H,33,34)(H2,30,31,32)/t14-,20-,22-,23+/m1/s1. The number of unbranched alkanes of at least 4 members (excludes halogenated alkanes) is 1. The summed E-state index contributed by atoms with van der Waals surface area (Å²) in [6.07, 6.45) is 3.80. The Morgan fingerprint density at radius 3 is 2.71 bits per heavy atom. The Morgan fingerprint density at radius 1 is 1.24 bits per heavy atom. The second-order valence-electron chi connectivity index (χ2n) is 10.8. The SMILES string of the molecule is CC(F)(F)c1cc2nc(CCCCN(C[C@H]3C[C@@H](n4ccc5c(N)ncnc54)[C@H](O)[C@@H]3O)S(C)(=O)=O)[nH]c2cc1Cl. The van der Waals surface area contributed by atoms with Crippen molar-refractivity contribution in [3.8, 4) is 0 Å². The van der Waals surface area contributed by atoms with Crippen LogP contribution in [0, 0.1) is 5.92 Å². The van der Waals surface area contributed by atoms with E-state index in [-0.39, 0.29) is 23.7 Å². The van der Waals surface area contributed by atoms with Gasteiger partial charge in [0.25, 0.3) is 5.92 Å². The number of anilines is 1. The number of nitrogens with zero attached hydrogens (tertiary/aromatic N) is 5. The predicted molar refractivity (Wildman–Crippen MR) is 151 cm³/mol. The van der Waals surface area contributed by atoms with E-state index in [1.54, 1.807) is 16.8 Å². The molecule has 0 amide bonds. The zero-order chi connectivity index (χ0) is 29.7. The second kappa shape index (κ2) is 11.1. The van der Waals surface area contributed by atoms with Crippen molar-refractivity contribution < 1.29 is 27.4 Å². The van der Waals surface area contributed by atoms with Crippen LogP contribution in [0.4, 0.5) is 14.6 Å². The monoisotopic (exact) mass is 611 g/mol. The van der Waals surface area contributed by atoms with Crippen LogP contribution in [0.5, 0.6) is 0 Å². The maximum atomic E-state index is 13.8. The van der Waals surface area contributed by atoms with Gasteiger partial charge in [-0.05, 0) is 37.5 Å². The average Bonchev–Trinajstić information content (AvgIpc) is 3.56. The van der Waals surface area contributed by atoms with Gasteiger partial charge in [0.1, 0.15) is 29.7 Å². The molecule has 0 unspecified atom stereocenters. The number of fused-ring (bicyclic) bond motifs is 2. The summed E-state index contributed by atoms with van der Waals surface area (Å²) in [4.78, 5) is 15.7. The molecule has 11 nitrogen and oxygen atoms in total. The average molecular weight is 612 g/mol. The molecule has 0 radical (unpaired) electrons. The number of hydrogen-bond donors (Lipinski definition) is 4. The first kappa shape index (κ1) is 29.6. The first-order chi connectivity index (χ1) is 19.2. The van der Waals surface area contributed by atoms with E-state index in [1.807, 2.05) is 0 Å². The fourth-order valence-electron chi connectivity index (χ4n) is 5.59. The molecule has 4 aromatic rings. The van der Waals surface area contributed by atoms with E-state index in [0.29, 0.717) is 59.4 Å². The fourth-order valence-corrected chi connectivity index (χ4v) is 6.84. The number of imidazole rings is 1. The van der Waals surface area contributed by atoms with Crippen LogP contribution in [0.15, 0.2) is 30.7 Å². The number of nitrogen functional groups attached to an aromatic ring is 1. The maximum absolute atomic E-state index is 13.8. The number of aromatic amines is 1. The number of aliphatic hydroxyl groups is 2. The summed E-state index contributed by atoms with van der Waals surface area (Å²) in [5, 5.41) is 22.3. The molecule has 3 heterocycles. The lowest BCUT2D eigenvalue weighted by molar-refractivity contribution is 0.00403. The van der Waals surface area contributed by atoms with Gasteiger partial charge in [0.05, 0.1) is 39.8 Å². The Bertz CT molecular complexity index is 1670. The molecule has 1 aliphatic rings. The molecule has 1 aromatic carbocycles. The molecule has 5 N–H and O–H groups in total. The highest BCUT2D eigenvalue weighted by molar-refractivity contribution is 7.88. The summed E-state index contributed by atoms with van der Waals surface area (Å²) in [5.41, 5.74) is 7.09. The highest BCUT2D eigenvalue weighted by Crippen LogP contribution is 2.38. The van der Waals surface area contributed by atoms with Crippen LogP contribution in [-0.2, 0) is 22.4 Å². The number of H-pyrrole nitrogens is 1. The van der Waals surface area contributed by atoms with E-state index in [2.05, 4.69) is 19.9 Å². The number of halogens is 3. The highest BCUT2D eigenvalue weighted by Gasteiger charge is 2.44. The van der Waals surface area contributed by atoms with Gasteiger partial charge in [-0.25, -0.2) is 36.5 Å². The number of aromatic nitrogens is 5. The number of alkyl halides is 2. The number of hydrogen-bond acceptors (Lipinski definition) is 8. The molecule has 0 spiro atoms. The van der Waals surface area contributed by atoms with Crippen LogP contribution in [0.2, 0.25) is 5.02 Å². The van der Waals surface area contributed by atoms with Gasteiger partial charge in [0, 0.05) is 44.1 Å². The van der Waals surface area contributed by atoms with Gasteiger partial charge in [-0.3, -0.25) is 0 Å². The minimum absolute atomic E-state index is 0.0427. The molecular weight excluding hydrogens is 580 g/mol. The molecule has 15 heteroatoms. The quantitative estimate of drug-likeness (QED) is 0.199. The van der Waals surface area contributed by atoms with Crippen molar-refractivity contribution in [3.05, 3.63) is 47.1 Å². The van der Waals surface area contributed by atoms with Crippen LogP contribution in [0.25, 0.3) is 22.1 Å². The summed E-state index contributed by atoms with van der Waals surface area (Å²) < 4.78 is 55.9. The molecule has 3 aromatic heterocycles.